The van der Waals surface area contributed by atoms with Gasteiger partial charge in [-0.3, -0.25) is 14.5 Å². The Morgan fingerprint density at radius 2 is 2.00 bits per heavy atom. The van der Waals surface area contributed by atoms with E-state index in [0.29, 0.717) is 12.3 Å². The lowest BCUT2D eigenvalue weighted by molar-refractivity contribution is 0.0941. The minimum absolute atomic E-state index is 0.208. The van der Waals surface area contributed by atoms with Gasteiger partial charge in [0.15, 0.2) is 0 Å². The summed E-state index contributed by atoms with van der Waals surface area (Å²) in [6, 6.07) is 0. The second-order valence-corrected chi connectivity index (χ2v) is 6.27. The lowest BCUT2D eigenvalue weighted by atomic mass is 10.2. The molecule has 0 saturated carbocycles. The van der Waals surface area contributed by atoms with Crippen LogP contribution in [0.25, 0.3) is 11.1 Å². The molecule has 1 saturated heterocycles. The van der Waals surface area contributed by atoms with E-state index in [1.54, 1.807) is 14.0 Å². The normalized spacial score (nSPS) is 16.6. The Bertz CT molecular complexity index is 802. The molecule has 1 N–H and O–H groups in total. The van der Waals surface area contributed by atoms with Gasteiger partial charge < -0.3 is 19.2 Å². The van der Waals surface area contributed by atoms with E-state index in [1.807, 2.05) is 0 Å². The van der Waals surface area contributed by atoms with Crippen molar-refractivity contribution in [3.05, 3.63) is 28.0 Å². The van der Waals surface area contributed by atoms with Gasteiger partial charge in [0.05, 0.1) is 5.56 Å². The van der Waals surface area contributed by atoms with Crippen molar-refractivity contribution in [3.8, 4) is 0 Å². The molecular weight excluding hydrogens is 310 g/mol. The minimum Gasteiger partial charge on any atom is -0.442 e. The molecule has 0 bridgehead atoms. The average Bonchev–Trinajstić information content (AvgIpc) is 2.90. The molecule has 0 unspecified atom stereocenters. The third-order valence-corrected chi connectivity index (χ3v) is 4.48. The van der Waals surface area contributed by atoms with Gasteiger partial charge in [0.2, 0.25) is 5.71 Å². The molecule has 3 rings (SSSR count). The second-order valence-electron chi connectivity index (χ2n) is 6.27. The molecule has 24 heavy (non-hydrogen) atoms. The first-order valence-corrected chi connectivity index (χ1v) is 8.11. The van der Waals surface area contributed by atoms with Crippen LogP contribution in [0.3, 0.4) is 0 Å². The smallest absolute Gasteiger partial charge is 0.265 e. The van der Waals surface area contributed by atoms with Crippen molar-refractivity contribution in [2.75, 3.05) is 46.3 Å². The molecule has 130 valence electrons. The Hall–Kier alpha value is -2.19. The number of hydrogen-bond donors (Lipinski definition) is 1. The summed E-state index contributed by atoms with van der Waals surface area (Å²) in [5.41, 5.74) is 0.220. The van der Waals surface area contributed by atoms with E-state index < -0.39 is 0 Å². The van der Waals surface area contributed by atoms with Crippen LogP contribution in [0.4, 0.5) is 0 Å². The highest BCUT2D eigenvalue weighted by molar-refractivity contribution is 6.06. The summed E-state index contributed by atoms with van der Waals surface area (Å²) >= 11 is 0. The van der Waals surface area contributed by atoms with Crippen LogP contribution in [0.5, 0.6) is 0 Å². The molecule has 2 aromatic rings. The third-order valence-electron chi connectivity index (χ3n) is 4.48. The molecule has 0 spiro atoms. The van der Waals surface area contributed by atoms with Crippen LogP contribution in [0, 0.1) is 6.92 Å². The zero-order chi connectivity index (χ0) is 17.3. The summed E-state index contributed by atoms with van der Waals surface area (Å²) in [5.74, 6) is 0.128. The first-order chi connectivity index (χ1) is 11.5. The molecule has 3 heterocycles. The number of aryl methyl sites for hydroxylation is 2. The predicted molar refractivity (Wildman–Crippen MR) is 90.3 cm³/mol. The zero-order valence-corrected chi connectivity index (χ0v) is 14.3. The van der Waals surface area contributed by atoms with Gasteiger partial charge in [0, 0.05) is 46.3 Å². The van der Waals surface area contributed by atoms with Crippen molar-refractivity contribution < 1.29 is 9.21 Å². The van der Waals surface area contributed by atoms with E-state index in [0.717, 1.165) is 32.7 Å². The number of carbonyl (C=O) groups excluding carboxylic acids is 1. The predicted octanol–water partition coefficient (Wildman–Crippen LogP) is -0.188. The fraction of sp³-hybridized carbons (Fsp3) is 0.562. The molecular formula is C16H23N5O3. The van der Waals surface area contributed by atoms with Crippen molar-refractivity contribution in [2.45, 2.75) is 6.92 Å². The fourth-order valence-electron chi connectivity index (χ4n) is 2.95. The maximum absolute atomic E-state index is 12.5. The van der Waals surface area contributed by atoms with Crippen molar-refractivity contribution in [1.29, 1.82) is 0 Å². The summed E-state index contributed by atoms with van der Waals surface area (Å²) in [7, 11) is 3.71. The first kappa shape index (κ1) is 16.7. The van der Waals surface area contributed by atoms with E-state index in [2.05, 4.69) is 27.1 Å². The van der Waals surface area contributed by atoms with E-state index in [9.17, 15) is 9.59 Å². The Labute approximate surface area is 140 Å². The number of hydrogen-bond acceptors (Lipinski definition) is 6. The van der Waals surface area contributed by atoms with Crippen molar-refractivity contribution >= 4 is 17.0 Å². The van der Waals surface area contributed by atoms with Crippen LogP contribution in [-0.4, -0.2) is 71.6 Å². The topological polar surface area (TPSA) is 83.6 Å². The molecule has 8 nitrogen and oxygen atoms in total. The largest absolute Gasteiger partial charge is 0.442 e. The Morgan fingerprint density at radius 1 is 1.29 bits per heavy atom. The maximum atomic E-state index is 12.5. The second kappa shape index (κ2) is 6.74. The Morgan fingerprint density at radius 3 is 2.71 bits per heavy atom. The summed E-state index contributed by atoms with van der Waals surface area (Å²) < 4.78 is 6.81. The van der Waals surface area contributed by atoms with E-state index in [1.165, 1.54) is 10.9 Å². The fourth-order valence-corrected chi connectivity index (χ4v) is 2.95. The number of fused-ring (bicyclic) bond motifs is 1. The van der Waals surface area contributed by atoms with Crippen LogP contribution >= 0.6 is 0 Å². The zero-order valence-electron chi connectivity index (χ0n) is 14.3. The van der Waals surface area contributed by atoms with Crippen LogP contribution in [-0.2, 0) is 7.05 Å². The molecule has 8 heteroatoms. The van der Waals surface area contributed by atoms with Crippen molar-refractivity contribution in [1.82, 2.24) is 24.7 Å². The van der Waals surface area contributed by atoms with E-state index in [4.69, 9.17) is 4.42 Å². The van der Waals surface area contributed by atoms with Gasteiger partial charge in [-0.25, -0.2) is 4.98 Å². The molecule has 1 aliphatic heterocycles. The van der Waals surface area contributed by atoms with Gasteiger partial charge in [-0.15, -0.1) is 0 Å². The van der Waals surface area contributed by atoms with Crippen LogP contribution in [0.2, 0.25) is 0 Å². The average molecular weight is 333 g/mol. The van der Waals surface area contributed by atoms with Crippen molar-refractivity contribution in [2.24, 2.45) is 7.05 Å². The van der Waals surface area contributed by atoms with Gasteiger partial charge in [0.25, 0.3) is 11.5 Å². The standard InChI is InChI=1S/C16H23N5O3/c1-11-12(13-15(24-11)18-10-20(3)16(13)23)14(22)17-4-5-21-8-6-19(2)7-9-21/h10H,4-9H2,1-3H3,(H,17,22). The van der Waals surface area contributed by atoms with Crippen LogP contribution < -0.4 is 10.9 Å². The summed E-state index contributed by atoms with van der Waals surface area (Å²) in [6.45, 7) is 7.10. The number of amides is 1. The number of nitrogens with one attached hydrogen (secondary N) is 1. The van der Waals surface area contributed by atoms with Gasteiger partial charge in [0.1, 0.15) is 17.5 Å². The molecule has 1 amide bonds. The molecule has 1 aliphatic rings. The number of furan rings is 1. The number of aromatic nitrogens is 2. The highest BCUT2D eigenvalue weighted by Crippen LogP contribution is 2.20. The quantitative estimate of drug-likeness (QED) is 0.835. The van der Waals surface area contributed by atoms with E-state index >= 15 is 0 Å². The number of likely N-dealkylation sites (N-methyl/N-ethyl adjacent to an activating group) is 1. The summed E-state index contributed by atoms with van der Waals surface area (Å²) in [6.07, 6.45) is 1.39. The number of piperazine rings is 1. The molecule has 0 aliphatic carbocycles. The van der Waals surface area contributed by atoms with Gasteiger partial charge in [-0.05, 0) is 14.0 Å². The van der Waals surface area contributed by atoms with Gasteiger partial charge >= 0.3 is 0 Å². The monoisotopic (exact) mass is 333 g/mol. The minimum atomic E-state index is -0.287. The molecule has 1 fully saturated rings. The SMILES string of the molecule is Cc1oc2ncn(C)c(=O)c2c1C(=O)NCCN1CCN(C)CC1. The molecule has 2 aromatic heterocycles. The van der Waals surface area contributed by atoms with Gasteiger partial charge in [-0.2, -0.15) is 0 Å². The number of carbonyl (C=O) groups is 1. The lowest BCUT2D eigenvalue weighted by Crippen LogP contribution is -2.47. The summed E-state index contributed by atoms with van der Waals surface area (Å²) in [5, 5.41) is 3.14. The van der Waals surface area contributed by atoms with Crippen molar-refractivity contribution in [3.63, 3.8) is 0 Å². The highest BCUT2D eigenvalue weighted by Gasteiger charge is 2.22. The van der Waals surface area contributed by atoms with E-state index in [-0.39, 0.29) is 28.1 Å². The van der Waals surface area contributed by atoms with Crippen LogP contribution in [0.15, 0.2) is 15.5 Å². The van der Waals surface area contributed by atoms with Crippen LogP contribution in [0.1, 0.15) is 16.1 Å². The first-order valence-electron chi connectivity index (χ1n) is 8.11. The van der Waals surface area contributed by atoms with Gasteiger partial charge in [-0.1, -0.05) is 0 Å². The highest BCUT2D eigenvalue weighted by atomic mass is 16.3. The number of nitrogens with zero attached hydrogens (tertiary/aromatic N) is 4. The Balaban J connectivity index is 1.69. The third kappa shape index (κ3) is 3.20. The maximum Gasteiger partial charge on any atom is 0.265 e. The molecule has 0 aromatic carbocycles. The molecule has 0 atom stereocenters. The lowest BCUT2D eigenvalue weighted by Gasteiger charge is -2.32. The Kier molecular flexibility index (Phi) is 4.68. The number of rotatable bonds is 4. The summed E-state index contributed by atoms with van der Waals surface area (Å²) in [4.78, 5) is 33.5. The molecule has 0 radical (unpaired) electrons.